The lowest BCUT2D eigenvalue weighted by atomic mass is 10.1. The fourth-order valence-corrected chi connectivity index (χ4v) is 3.90. The Balaban J connectivity index is 1.58. The second-order valence-electron chi connectivity index (χ2n) is 7.28. The molecule has 0 aliphatic carbocycles. The van der Waals surface area contributed by atoms with E-state index in [4.69, 9.17) is 25.8 Å². The zero-order valence-electron chi connectivity index (χ0n) is 18.4. The molecule has 4 rings (SSSR count). The number of hydrogen-bond acceptors (Lipinski definition) is 7. The second kappa shape index (κ2) is 10.7. The summed E-state index contributed by atoms with van der Waals surface area (Å²) in [6.45, 7) is 2.63. The van der Waals surface area contributed by atoms with Crippen molar-refractivity contribution in [3.05, 3.63) is 103 Å². The molecule has 0 saturated carbocycles. The van der Waals surface area contributed by atoms with Gasteiger partial charge in [-0.1, -0.05) is 51.8 Å². The molecule has 0 N–H and O–H groups in total. The predicted molar refractivity (Wildman–Crippen MR) is 135 cm³/mol. The van der Waals surface area contributed by atoms with Crippen LogP contribution in [0.15, 0.2) is 75.8 Å². The highest BCUT2D eigenvalue weighted by Crippen LogP contribution is 2.32. The number of non-ortho nitro benzene ring substituents is 1. The molecule has 3 aromatic carbocycles. The van der Waals surface area contributed by atoms with Crippen LogP contribution in [0.1, 0.15) is 23.6 Å². The third kappa shape index (κ3) is 5.70. The first-order valence-corrected chi connectivity index (χ1v) is 11.6. The molecule has 0 bridgehead atoms. The largest absolute Gasteiger partial charge is 0.490 e. The van der Waals surface area contributed by atoms with Gasteiger partial charge in [0, 0.05) is 22.2 Å². The number of nitrogens with zero attached hydrogens (tertiary/aromatic N) is 2. The Morgan fingerprint density at radius 1 is 1.11 bits per heavy atom. The number of halogens is 2. The Morgan fingerprint density at radius 3 is 2.63 bits per heavy atom. The van der Waals surface area contributed by atoms with Crippen molar-refractivity contribution in [2.45, 2.75) is 13.5 Å². The standard InChI is InChI=1S/C25H18BrClN2O6/c1-2-33-23-12-15(7-10-22(23)34-14-16-5-3-4-6-19(16)26)11-21-25(30)35-24(28-21)18-9-8-17(29(31)32)13-20(18)27/h3-13H,2,14H2,1H3/b21-11-. The van der Waals surface area contributed by atoms with E-state index in [1.807, 2.05) is 31.2 Å². The molecule has 0 fully saturated rings. The minimum Gasteiger partial charge on any atom is -0.490 e. The minimum absolute atomic E-state index is 0.0282. The topological polar surface area (TPSA) is 100 Å². The highest BCUT2D eigenvalue weighted by molar-refractivity contribution is 9.10. The van der Waals surface area contributed by atoms with Gasteiger partial charge in [0.25, 0.3) is 5.69 Å². The van der Waals surface area contributed by atoms with Crippen LogP contribution in [0, 0.1) is 10.1 Å². The van der Waals surface area contributed by atoms with Crippen LogP contribution >= 0.6 is 27.5 Å². The van der Waals surface area contributed by atoms with Crippen molar-refractivity contribution in [1.82, 2.24) is 0 Å². The normalized spacial score (nSPS) is 14.0. The van der Waals surface area contributed by atoms with Gasteiger partial charge in [0.15, 0.2) is 17.2 Å². The highest BCUT2D eigenvalue weighted by atomic mass is 79.9. The number of esters is 1. The van der Waals surface area contributed by atoms with E-state index < -0.39 is 10.9 Å². The molecule has 0 radical (unpaired) electrons. The van der Waals surface area contributed by atoms with Crippen LogP contribution in [0.3, 0.4) is 0 Å². The number of carbonyl (C=O) groups is 1. The molecule has 1 aliphatic heterocycles. The summed E-state index contributed by atoms with van der Waals surface area (Å²) >= 11 is 9.64. The molecule has 1 aliphatic rings. The van der Waals surface area contributed by atoms with Gasteiger partial charge in [-0.25, -0.2) is 9.79 Å². The molecule has 0 amide bonds. The molecular formula is C25H18BrClN2O6. The fourth-order valence-electron chi connectivity index (χ4n) is 3.25. The Labute approximate surface area is 214 Å². The molecule has 0 unspecified atom stereocenters. The first-order valence-electron chi connectivity index (χ1n) is 10.5. The lowest BCUT2D eigenvalue weighted by Crippen LogP contribution is -2.06. The Hall–Kier alpha value is -3.69. The van der Waals surface area contributed by atoms with E-state index in [9.17, 15) is 14.9 Å². The maximum Gasteiger partial charge on any atom is 0.363 e. The molecule has 3 aromatic rings. The van der Waals surface area contributed by atoms with Crippen molar-refractivity contribution >= 4 is 51.2 Å². The van der Waals surface area contributed by atoms with Crippen LogP contribution in [-0.4, -0.2) is 23.4 Å². The van der Waals surface area contributed by atoms with Crippen molar-refractivity contribution in [2.75, 3.05) is 6.61 Å². The van der Waals surface area contributed by atoms with Gasteiger partial charge in [-0.05, 0) is 42.8 Å². The third-order valence-corrected chi connectivity index (χ3v) is 6.01. The van der Waals surface area contributed by atoms with E-state index in [0.29, 0.717) is 30.3 Å². The zero-order chi connectivity index (χ0) is 24.9. The maximum absolute atomic E-state index is 12.4. The fraction of sp³-hybridized carbons (Fsp3) is 0.120. The molecule has 0 aromatic heterocycles. The van der Waals surface area contributed by atoms with Gasteiger partial charge in [-0.15, -0.1) is 0 Å². The van der Waals surface area contributed by atoms with Crippen molar-refractivity contribution < 1.29 is 23.9 Å². The smallest absolute Gasteiger partial charge is 0.363 e. The summed E-state index contributed by atoms with van der Waals surface area (Å²) in [5.74, 6) is 0.379. The Morgan fingerprint density at radius 2 is 1.91 bits per heavy atom. The van der Waals surface area contributed by atoms with E-state index in [2.05, 4.69) is 20.9 Å². The van der Waals surface area contributed by atoms with Gasteiger partial charge >= 0.3 is 5.97 Å². The molecule has 10 heteroatoms. The minimum atomic E-state index is -0.665. The molecule has 0 spiro atoms. The van der Waals surface area contributed by atoms with Crippen molar-refractivity contribution in [3.8, 4) is 11.5 Å². The number of benzene rings is 3. The number of nitro benzene ring substituents is 1. The monoisotopic (exact) mass is 556 g/mol. The van der Waals surface area contributed by atoms with Gasteiger partial charge in [0.1, 0.15) is 6.61 Å². The van der Waals surface area contributed by atoms with Crippen LogP contribution in [0.25, 0.3) is 6.08 Å². The van der Waals surface area contributed by atoms with Crippen LogP contribution in [0.2, 0.25) is 5.02 Å². The molecular weight excluding hydrogens is 540 g/mol. The number of nitro groups is 1. The first kappa shape index (κ1) is 24.4. The van der Waals surface area contributed by atoms with E-state index >= 15 is 0 Å². The Bertz CT molecular complexity index is 1370. The molecule has 178 valence electrons. The van der Waals surface area contributed by atoms with Crippen molar-refractivity contribution in [3.63, 3.8) is 0 Å². The average molecular weight is 558 g/mol. The number of carbonyl (C=O) groups excluding carboxylic acids is 1. The van der Waals surface area contributed by atoms with E-state index in [-0.39, 0.29) is 27.9 Å². The lowest BCUT2D eigenvalue weighted by molar-refractivity contribution is -0.384. The predicted octanol–water partition coefficient (Wildman–Crippen LogP) is 6.33. The van der Waals surface area contributed by atoms with Crippen LogP contribution in [-0.2, 0) is 16.1 Å². The number of rotatable bonds is 8. The van der Waals surface area contributed by atoms with E-state index in [1.165, 1.54) is 18.2 Å². The average Bonchev–Trinajstić information content (AvgIpc) is 3.19. The SMILES string of the molecule is CCOc1cc(/C=C2\N=C(c3ccc([N+](=O)[O-])cc3Cl)OC2=O)ccc1OCc1ccccc1Br. The van der Waals surface area contributed by atoms with Gasteiger partial charge < -0.3 is 14.2 Å². The summed E-state index contributed by atoms with van der Waals surface area (Å²) < 4.78 is 17.9. The first-order chi connectivity index (χ1) is 16.9. The van der Waals surface area contributed by atoms with Gasteiger partial charge in [0.2, 0.25) is 5.90 Å². The van der Waals surface area contributed by atoms with Crippen LogP contribution in [0.4, 0.5) is 5.69 Å². The van der Waals surface area contributed by atoms with Crippen molar-refractivity contribution in [2.24, 2.45) is 4.99 Å². The summed E-state index contributed by atoms with van der Waals surface area (Å²) in [7, 11) is 0. The van der Waals surface area contributed by atoms with E-state index in [1.54, 1.807) is 24.3 Å². The summed E-state index contributed by atoms with van der Waals surface area (Å²) in [6, 6.07) is 16.9. The van der Waals surface area contributed by atoms with Gasteiger partial charge in [0.05, 0.1) is 22.1 Å². The Kier molecular flexibility index (Phi) is 7.48. The second-order valence-corrected chi connectivity index (χ2v) is 8.54. The number of cyclic esters (lactones) is 1. The van der Waals surface area contributed by atoms with Gasteiger partial charge in [-0.2, -0.15) is 0 Å². The molecule has 0 saturated heterocycles. The maximum atomic E-state index is 12.4. The third-order valence-electron chi connectivity index (χ3n) is 4.93. The summed E-state index contributed by atoms with van der Waals surface area (Å²) in [5, 5.41) is 11.0. The van der Waals surface area contributed by atoms with Crippen LogP contribution < -0.4 is 9.47 Å². The number of ether oxygens (including phenoxy) is 3. The van der Waals surface area contributed by atoms with Crippen molar-refractivity contribution in [1.29, 1.82) is 0 Å². The number of hydrogen-bond donors (Lipinski definition) is 0. The lowest BCUT2D eigenvalue weighted by Gasteiger charge is -2.13. The summed E-state index contributed by atoms with van der Waals surface area (Å²) in [4.78, 5) is 27.0. The molecule has 0 atom stereocenters. The quantitative estimate of drug-likeness (QED) is 0.139. The van der Waals surface area contributed by atoms with E-state index in [0.717, 1.165) is 10.0 Å². The van der Waals surface area contributed by atoms with Gasteiger partial charge in [-0.3, -0.25) is 10.1 Å². The summed E-state index contributed by atoms with van der Waals surface area (Å²) in [6.07, 6.45) is 1.55. The number of aliphatic imine (C=N–C) groups is 1. The molecule has 35 heavy (non-hydrogen) atoms. The molecule has 1 heterocycles. The summed E-state index contributed by atoms with van der Waals surface area (Å²) in [5.41, 5.74) is 1.79. The van der Waals surface area contributed by atoms with Crippen LogP contribution in [0.5, 0.6) is 11.5 Å². The zero-order valence-corrected chi connectivity index (χ0v) is 20.7. The highest BCUT2D eigenvalue weighted by Gasteiger charge is 2.26. The molecule has 8 nitrogen and oxygen atoms in total.